The average molecular weight is 232 g/mol. The van der Waals surface area contributed by atoms with E-state index in [1.807, 2.05) is 0 Å². The van der Waals surface area contributed by atoms with Gasteiger partial charge in [0.05, 0.1) is 0 Å². The molecule has 1 saturated carbocycles. The second-order valence-electron chi connectivity index (χ2n) is 4.75. The Labute approximate surface area is 83.6 Å². The van der Waals surface area contributed by atoms with Gasteiger partial charge < -0.3 is 4.90 Å². The fourth-order valence-electron chi connectivity index (χ4n) is 2.99. The lowest BCUT2D eigenvalue weighted by molar-refractivity contribution is 0.282. The summed E-state index contributed by atoms with van der Waals surface area (Å²) in [6.07, 6.45) is 5.86. The first-order valence-electron chi connectivity index (χ1n) is 4.99. The van der Waals surface area contributed by atoms with E-state index < -0.39 is 0 Å². The predicted molar refractivity (Wildman–Crippen MR) is 55.7 cm³/mol. The van der Waals surface area contributed by atoms with Gasteiger partial charge in [0.2, 0.25) is 0 Å². The quantitative estimate of drug-likeness (QED) is 0.628. The first-order valence-corrected chi connectivity index (χ1v) is 6.11. The maximum Gasteiger partial charge on any atom is 0.00598 e. The Morgan fingerprint density at radius 2 is 2.33 bits per heavy atom. The molecule has 1 nitrogen and oxygen atoms in total. The summed E-state index contributed by atoms with van der Waals surface area (Å²) in [6.45, 7) is 2.69. The van der Waals surface area contributed by atoms with Gasteiger partial charge in [-0.05, 0) is 50.6 Å². The van der Waals surface area contributed by atoms with Crippen molar-refractivity contribution in [2.24, 2.45) is 11.3 Å². The van der Waals surface area contributed by atoms with Crippen molar-refractivity contribution in [3.8, 4) is 0 Å². The smallest absolute Gasteiger partial charge is 0.00598 e. The number of hydrogen-bond acceptors (Lipinski definition) is 1. The Kier molecular flexibility index (Phi) is 2.48. The minimum absolute atomic E-state index is 0.729. The molecular formula is C10H18BrN. The van der Waals surface area contributed by atoms with E-state index in [9.17, 15) is 0 Å². The second-order valence-corrected chi connectivity index (χ2v) is 5.40. The lowest BCUT2D eigenvalue weighted by Gasteiger charge is -2.22. The molecule has 2 fully saturated rings. The summed E-state index contributed by atoms with van der Waals surface area (Å²) in [7, 11) is 2.26. The van der Waals surface area contributed by atoms with Crippen LogP contribution in [0.1, 0.15) is 25.7 Å². The van der Waals surface area contributed by atoms with Crippen LogP contribution in [0.5, 0.6) is 0 Å². The third-order valence-corrected chi connectivity index (χ3v) is 4.57. The molecule has 2 heteroatoms. The summed E-state index contributed by atoms with van der Waals surface area (Å²) in [6, 6.07) is 0. The summed E-state index contributed by atoms with van der Waals surface area (Å²) < 4.78 is 0. The van der Waals surface area contributed by atoms with Crippen LogP contribution in [-0.2, 0) is 0 Å². The number of likely N-dealkylation sites (tertiary alicyclic amines) is 1. The van der Waals surface area contributed by atoms with E-state index in [0.717, 1.165) is 11.3 Å². The molecule has 2 rings (SSSR count). The van der Waals surface area contributed by atoms with Gasteiger partial charge in [0, 0.05) is 11.9 Å². The van der Waals surface area contributed by atoms with Crippen LogP contribution in [0.4, 0.5) is 0 Å². The third kappa shape index (κ3) is 1.56. The van der Waals surface area contributed by atoms with Crippen molar-refractivity contribution in [3.63, 3.8) is 0 Å². The van der Waals surface area contributed by atoms with E-state index >= 15 is 0 Å². The highest BCUT2D eigenvalue weighted by Gasteiger charge is 2.42. The molecule has 1 heterocycles. The number of hydrogen-bond donors (Lipinski definition) is 0. The van der Waals surface area contributed by atoms with Gasteiger partial charge in [0.15, 0.2) is 0 Å². The standard InChI is InChI=1S/C10H18BrN/c1-12-5-4-10(8-12)3-2-9(6-10)7-11/h9H,2-8H2,1H3/t9-,10+/m0/s1. The largest absolute Gasteiger partial charge is 0.306 e. The van der Waals surface area contributed by atoms with E-state index in [1.165, 1.54) is 44.1 Å². The molecule has 1 spiro atoms. The Balaban J connectivity index is 1.97. The van der Waals surface area contributed by atoms with Gasteiger partial charge in [0.25, 0.3) is 0 Å². The number of rotatable bonds is 1. The van der Waals surface area contributed by atoms with Gasteiger partial charge in [-0.2, -0.15) is 0 Å². The highest BCUT2D eigenvalue weighted by atomic mass is 79.9. The minimum atomic E-state index is 0.729. The fraction of sp³-hybridized carbons (Fsp3) is 1.00. The molecule has 1 aliphatic heterocycles. The lowest BCUT2D eigenvalue weighted by atomic mass is 9.85. The highest BCUT2D eigenvalue weighted by Crippen LogP contribution is 2.47. The third-order valence-electron chi connectivity index (χ3n) is 3.65. The normalized spacial score (nSPS) is 43.0. The maximum atomic E-state index is 3.61. The van der Waals surface area contributed by atoms with Gasteiger partial charge >= 0.3 is 0 Å². The van der Waals surface area contributed by atoms with E-state index in [0.29, 0.717) is 0 Å². The van der Waals surface area contributed by atoms with Gasteiger partial charge in [0.1, 0.15) is 0 Å². The Hall–Kier alpha value is 0.440. The zero-order valence-electron chi connectivity index (χ0n) is 7.85. The maximum absolute atomic E-state index is 3.61. The number of halogens is 1. The molecule has 12 heavy (non-hydrogen) atoms. The molecule has 0 bridgehead atoms. The van der Waals surface area contributed by atoms with E-state index in [4.69, 9.17) is 0 Å². The molecule has 2 atom stereocenters. The molecule has 1 aliphatic carbocycles. The van der Waals surface area contributed by atoms with Gasteiger partial charge in [-0.1, -0.05) is 15.9 Å². The highest BCUT2D eigenvalue weighted by molar-refractivity contribution is 9.09. The summed E-state index contributed by atoms with van der Waals surface area (Å²) in [5, 5.41) is 1.22. The summed E-state index contributed by atoms with van der Waals surface area (Å²) in [4.78, 5) is 2.50. The summed E-state index contributed by atoms with van der Waals surface area (Å²) >= 11 is 3.61. The van der Waals surface area contributed by atoms with Crippen LogP contribution in [0.2, 0.25) is 0 Å². The molecule has 0 aromatic heterocycles. The monoisotopic (exact) mass is 231 g/mol. The summed E-state index contributed by atoms with van der Waals surface area (Å²) in [5.41, 5.74) is 0.729. The van der Waals surface area contributed by atoms with Crippen LogP contribution in [-0.4, -0.2) is 30.4 Å². The second kappa shape index (κ2) is 3.30. The van der Waals surface area contributed by atoms with Gasteiger partial charge in [-0.15, -0.1) is 0 Å². The van der Waals surface area contributed by atoms with E-state index in [2.05, 4.69) is 27.9 Å². The first kappa shape index (κ1) is 9.01. The van der Waals surface area contributed by atoms with Crippen molar-refractivity contribution in [1.29, 1.82) is 0 Å². The molecule has 0 N–H and O–H groups in total. The zero-order valence-corrected chi connectivity index (χ0v) is 9.44. The Morgan fingerprint density at radius 3 is 2.83 bits per heavy atom. The molecule has 1 saturated heterocycles. The predicted octanol–water partition coefficient (Wildman–Crippen LogP) is 2.50. The molecule has 0 radical (unpaired) electrons. The Bertz CT molecular complexity index is 171. The van der Waals surface area contributed by atoms with Crippen molar-refractivity contribution in [1.82, 2.24) is 4.90 Å². The van der Waals surface area contributed by atoms with Gasteiger partial charge in [-0.25, -0.2) is 0 Å². The van der Waals surface area contributed by atoms with Crippen LogP contribution in [0, 0.1) is 11.3 Å². The van der Waals surface area contributed by atoms with Crippen LogP contribution >= 0.6 is 15.9 Å². The number of alkyl halides is 1. The molecule has 0 aromatic rings. The van der Waals surface area contributed by atoms with Crippen molar-refractivity contribution < 1.29 is 0 Å². The van der Waals surface area contributed by atoms with E-state index in [-0.39, 0.29) is 0 Å². The van der Waals surface area contributed by atoms with Crippen molar-refractivity contribution in [2.45, 2.75) is 25.7 Å². The molecule has 2 aliphatic rings. The summed E-state index contributed by atoms with van der Waals surface area (Å²) in [5.74, 6) is 0.969. The minimum Gasteiger partial charge on any atom is -0.306 e. The molecular weight excluding hydrogens is 214 g/mol. The number of nitrogens with zero attached hydrogens (tertiary/aromatic N) is 1. The molecule has 0 unspecified atom stereocenters. The van der Waals surface area contributed by atoms with Crippen molar-refractivity contribution in [3.05, 3.63) is 0 Å². The zero-order chi connectivity index (χ0) is 8.60. The lowest BCUT2D eigenvalue weighted by Crippen LogP contribution is -2.22. The van der Waals surface area contributed by atoms with Crippen molar-refractivity contribution in [2.75, 3.05) is 25.5 Å². The van der Waals surface area contributed by atoms with Crippen LogP contribution in [0.25, 0.3) is 0 Å². The van der Waals surface area contributed by atoms with Crippen LogP contribution in [0.15, 0.2) is 0 Å². The van der Waals surface area contributed by atoms with Crippen LogP contribution < -0.4 is 0 Å². The Morgan fingerprint density at radius 1 is 1.50 bits per heavy atom. The average Bonchev–Trinajstić information content (AvgIpc) is 2.61. The van der Waals surface area contributed by atoms with Gasteiger partial charge in [-0.3, -0.25) is 0 Å². The van der Waals surface area contributed by atoms with E-state index in [1.54, 1.807) is 0 Å². The topological polar surface area (TPSA) is 3.24 Å². The SMILES string of the molecule is CN1CC[C@@]2(CC[C@H](CBr)C2)C1. The fourth-order valence-corrected chi connectivity index (χ4v) is 3.54. The molecule has 0 amide bonds. The van der Waals surface area contributed by atoms with Crippen molar-refractivity contribution >= 4 is 15.9 Å². The van der Waals surface area contributed by atoms with Crippen LogP contribution in [0.3, 0.4) is 0 Å². The molecule has 0 aromatic carbocycles. The first-order chi connectivity index (χ1) is 5.74. The molecule has 70 valence electrons.